The topological polar surface area (TPSA) is 410 Å². The van der Waals surface area contributed by atoms with Crippen LogP contribution in [0.1, 0.15) is 58.2 Å². The monoisotopic (exact) mass is 1010 g/mol. The highest BCUT2D eigenvalue weighted by Gasteiger charge is 2.47. The highest BCUT2D eigenvalue weighted by molar-refractivity contribution is 7.66. The van der Waals surface area contributed by atoms with E-state index in [1.165, 1.54) is 54.6 Å². The maximum Gasteiger partial charge on any atom is 0.490 e. The molecule has 362 valence electrons. The molecule has 0 spiro atoms. The van der Waals surface area contributed by atoms with E-state index in [2.05, 4.69) is 35.6 Å². The number of aromatic carboxylic acids is 1. The fraction of sp³-hybridized carbons (Fsp3) is 0.282. The first-order valence-corrected chi connectivity index (χ1v) is 24.2. The lowest BCUT2D eigenvalue weighted by atomic mass is 9.89. The second kappa shape index (κ2) is 21.0. The SMILES string of the molecule is O=C(CCCCCNC(=O)c1ccc(C(=O)O)c(-c2c3ccc(=O)cc-3oc3cc(O)ccc23)c1)NCC#Cc1cn([C@@H]2O[C@H](COP(=O)(O)OP(=O)(O)OP(=O)(O)O)[C@@H](O)[C@H]2O)c(=O)[nH]c1=O. The lowest BCUT2D eigenvalue weighted by Crippen LogP contribution is -2.38. The van der Waals surface area contributed by atoms with Crippen LogP contribution in [0.3, 0.4) is 0 Å². The zero-order valence-electron chi connectivity index (χ0n) is 34.6. The summed E-state index contributed by atoms with van der Waals surface area (Å²) in [6.07, 6.45) is -5.15. The third-order valence-corrected chi connectivity index (χ3v) is 13.6. The van der Waals surface area contributed by atoms with E-state index in [1.54, 1.807) is 0 Å². The number of amides is 2. The third kappa shape index (κ3) is 12.9. The first-order valence-electron chi connectivity index (χ1n) is 19.7. The third-order valence-electron chi connectivity index (χ3n) is 9.82. The van der Waals surface area contributed by atoms with Gasteiger partial charge in [-0.05, 0) is 60.9 Å². The number of carbonyl (C=O) groups excluding carboxylic acids is 2. The van der Waals surface area contributed by atoms with Crippen molar-refractivity contribution in [3.8, 4) is 40.0 Å². The number of carboxylic acid groups (broad SMARTS) is 1. The molecule has 3 aliphatic rings. The van der Waals surface area contributed by atoms with Gasteiger partial charge in [-0.3, -0.25) is 33.3 Å². The number of phosphoric ester groups is 1. The first-order chi connectivity index (χ1) is 31.9. The molecule has 29 heteroatoms. The number of aliphatic hydroxyl groups is 2. The van der Waals surface area contributed by atoms with Gasteiger partial charge in [-0.15, -0.1) is 0 Å². The van der Waals surface area contributed by atoms with Gasteiger partial charge in [0.15, 0.2) is 11.7 Å². The number of H-pyrrole nitrogens is 1. The Morgan fingerprint density at radius 1 is 0.853 bits per heavy atom. The molecule has 6 atom stereocenters. The van der Waals surface area contributed by atoms with Crippen LogP contribution in [0.25, 0.3) is 33.4 Å². The van der Waals surface area contributed by atoms with Crippen molar-refractivity contribution in [3.63, 3.8) is 0 Å². The minimum atomic E-state index is -5.86. The average Bonchev–Trinajstić information content (AvgIpc) is 3.52. The fourth-order valence-electron chi connectivity index (χ4n) is 6.82. The van der Waals surface area contributed by atoms with E-state index < -0.39 is 83.6 Å². The number of aromatic amines is 1. The van der Waals surface area contributed by atoms with Gasteiger partial charge in [-0.1, -0.05) is 18.3 Å². The van der Waals surface area contributed by atoms with Crippen LogP contribution in [0.15, 0.2) is 79.6 Å². The molecule has 1 saturated heterocycles. The molecule has 1 aromatic heterocycles. The van der Waals surface area contributed by atoms with E-state index in [1.807, 2.05) is 4.98 Å². The lowest BCUT2D eigenvalue weighted by Gasteiger charge is -2.19. The summed E-state index contributed by atoms with van der Waals surface area (Å²) in [5.74, 6) is 2.77. The van der Waals surface area contributed by atoms with Crippen molar-refractivity contribution in [1.29, 1.82) is 0 Å². The number of unbranched alkanes of at least 4 members (excludes halogenated alkanes) is 2. The molecular weight excluding hydrogens is 969 g/mol. The number of phosphoric acid groups is 3. The number of nitrogens with zero attached hydrogens (tertiary/aromatic N) is 1. The number of carbonyl (C=O) groups is 3. The zero-order chi connectivity index (χ0) is 49.7. The second-order valence-electron chi connectivity index (χ2n) is 14.7. The Morgan fingerprint density at radius 3 is 2.32 bits per heavy atom. The molecule has 26 nitrogen and oxygen atoms in total. The summed E-state index contributed by atoms with van der Waals surface area (Å²) in [6.45, 7) is -1.23. The maximum atomic E-state index is 13.2. The number of aromatic nitrogens is 2. The number of nitrogens with one attached hydrogen (secondary N) is 3. The molecule has 1 aliphatic carbocycles. The van der Waals surface area contributed by atoms with Crippen molar-refractivity contribution in [2.75, 3.05) is 19.7 Å². The molecule has 11 N–H and O–H groups in total. The van der Waals surface area contributed by atoms with Gasteiger partial charge in [0.1, 0.15) is 41.0 Å². The smallest absolute Gasteiger partial charge is 0.490 e. The number of carboxylic acids is 1. The summed E-state index contributed by atoms with van der Waals surface area (Å²) in [5, 5.41) is 46.8. The van der Waals surface area contributed by atoms with Crippen molar-refractivity contribution in [2.45, 2.75) is 50.2 Å². The predicted molar refractivity (Wildman–Crippen MR) is 231 cm³/mol. The Hall–Kier alpha value is -6.13. The van der Waals surface area contributed by atoms with E-state index in [4.69, 9.17) is 18.9 Å². The summed E-state index contributed by atoms with van der Waals surface area (Å²) >= 11 is 0. The molecule has 2 aliphatic heterocycles. The van der Waals surface area contributed by atoms with E-state index in [0.29, 0.717) is 40.3 Å². The van der Waals surface area contributed by atoms with Crippen molar-refractivity contribution < 1.29 is 90.4 Å². The lowest BCUT2D eigenvalue weighted by molar-refractivity contribution is -0.121. The summed E-state index contributed by atoms with van der Waals surface area (Å²) in [5.41, 5.74) is -1.74. The number of ether oxygens (including phenoxy) is 1. The van der Waals surface area contributed by atoms with Crippen LogP contribution in [-0.4, -0.2) is 105 Å². The van der Waals surface area contributed by atoms with Gasteiger partial charge in [0.25, 0.3) is 11.5 Å². The largest absolute Gasteiger partial charge is 0.508 e. The summed E-state index contributed by atoms with van der Waals surface area (Å²) < 4.78 is 57.8. The molecule has 68 heavy (non-hydrogen) atoms. The predicted octanol–water partition coefficient (Wildman–Crippen LogP) is 1.24. The van der Waals surface area contributed by atoms with Gasteiger partial charge in [0.05, 0.1) is 18.7 Å². The zero-order valence-corrected chi connectivity index (χ0v) is 37.3. The van der Waals surface area contributed by atoms with Gasteiger partial charge in [-0.2, -0.15) is 8.62 Å². The van der Waals surface area contributed by atoms with Crippen molar-refractivity contribution in [2.24, 2.45) is 0 Å². The number of phenols is 1. The average molecular weight is 1010 g/mol. The number of rotatable bonds is 18. The molecule has 2 aromatic carbocycles. The second-order valence-corrected chi connectivity index (χ2v) is 19.1. The highest BCUT2D eigenvalue weighted by atomic mass is 31.3. The first kappa shape index (κ1) is 51.3. The number of fused-ring (bicyclic) bond motifs is 2. The Kier molecular flexibility index (Phi) is 15.9. The van der Waals surface area contributed by atoms with E-state index in [0.717, 1.165) is 6.20 Å². The van der Waals surface area contributed by atoms with Crippen LogP contribution in [0.2, 0.25) is 0 Å². The molecule has 1 fully saturated rings. The van der Waals surface area contributed by atoms with Gasteiger partial charge in [0, 0.05) is 53.4 Å². The van der Waals surface area contributed by atoms with Crippen LogP contribution in [0.5, 0.6) is 5.75 Å². The Labute approximate surface area is 380 Å². The van der Waals surface area contributed by atoms with E-state index in [-0.39, 0.29) is 64.3 Å². The number of aliphatic hydroxyl groups excluding tert-OH is 2. The molecule has 3 aromatic rings. The Bertz CT molecular complexity index is 3130. The minimum Gasteiger partial charge on any atom is -0.508 e. The standard InChI is InChI=1S/C39H39N4O22P3/c44-22-8-11-25-28(16-22)62-29-17-23(45)9-12-26(29)32(25)27-15-20(7-10-24(27)38(51)52)35(49)41-13-3-1-2-6-31(46)40-14-4-5-21-18-43(39(53)42-36(21)50)37-34(48)33(47)30(63-37)19-61-67(57,58)65-68(59,60)64-66(54,55)56/h7-12,15-18,30,33-34,37,44,47-48H,1-3,6,13-14,19H2,(H,40,46)(H,41,49)(H,51,52)(H,57,58)(H,59,60)(H,42,50,53)(H2,54,55,56)/t30-,33-,34-,37-/m1/s1. The van der Waals surface area contributed by atoms with Gasteiger partial charge < -0.3 is 59.8 Å². The summed E-state index contributed by atoms with van der Waals surface area (Å²) in [6, 6.07) is 12.3. The maximum absolute atomic E-state index is 13.2. The summed E-state index contributed by atoms with van der Waals surface area (Å²) in [7, 11) is -17.2. The number of phenolic OH excluding ortho intramolecular Hbond substituents is 1. The Balaban J connectivity index is 0.984. The molecule has 3 heterocycles. The van der Waals surface area contributed by atoms with Gasteiger partial charge in [0.2, 0.25) is 5.91 Å². The Morgan fingerprint density at radius 2 is 1.60 bits per heavy atom. The van der Waals surface area contributed by atoms with Crippen LogP contribution >= 0.6 is 23.5 Å². The molecule has 0 radical (unpaired) electrons. The van der Waals surface area contributed by atoms with Crippen molar-refractivity contribution >= 4 is 52.2 Å². The van der Waals surface area contributed by atoms with Crippen LogP contribution < -0.4 is 27.3 Å². The quantitative estimate of drug-likeness (QED) is 0.0254. The van der Waals surface area contributed by atoms with E-state index >= 15 is 0 Å². The number of benzene rings is 3. The highest BCUT2D eigenvalue weighted by Crippen LogP contribution is 2.66. The van der Waals surface area contributed by atoms with Crippen LogP contribution in [-0.2, 0) is 36.4 Å². The van der Waals surface area contributed by atoms with Crippen LogP contribution in [0.4, 0.5) is 0 Å². The molecule has 6 rings (SSSR count). The van der Waals surface area contributed by atoms with Crippen molar-refractivity contribution in [1.82, 2.24) is 20.2 Å². The molecule has 2 unspecified atom stereocenters. The van der Waals surface area contributed by atoms with E-state index in [9.17, 15) is 72.7 Å². The molecule has 0 saturated carbocycles. The van der Waals surface area contributed by atoms with Crippen LogP contribution in [0, 0.1) is 11.8 Å². The molecule has 2 amide bonds. The molecular formula is C39H39N4O22P3. The fourth-order valence-corrected chi connectivity index (χ4v) is 9.85. The number of hydrogen-bond donors (Lipinski definition) is 11. The number of aromatic hydroxyl groups is 1. The van der Waals surface area contributed by atoms with Gasteiger partial charge >= 0.3 is 35.1 Å². The van der Waals surface area contributed by atoms with Gasteiger partial charge in [-0.25, -0.2) is 23.3 Å². The summed E-state index contributed by atoms with van der Waals surface area (Å²) in [4.78, 5) is 113. The number of hydrogen-bond acceptors (Lipinski definition) is 17. The minimum absolute atomic E-state index is 0.0560. The normalized spacial score (nSPS) is 18.9. The molecule has 0 bridgehead atoms. The van der Waals surface area contributed by atoms with Crippen molar-refractivity contribution in [3.05, 3.63) is 109 Å².